The number of aliphatic hydroxyl groups is 1. The molecule has 0 fully saturated rings. The standard InChI is InChI=1S/C31H33N3O7/c32-24-5-1-2-6-25(24)34-30(36)21-9-7-20(8-10-21)18-33-31(37)28-16-23(17-29(41-28)38-14-4-3-13-35)22-11-12-26-27(15-22)40-19-39-26/h1-2,5-12,15-16,23,29,35H,3-4,13-14,17-19,32H2,(H,33,37)(H,34,36)/t23-,29+/m0/s1. The number of fused-ring (bicyclic) bond motifs is 1. The quantitative estimate of drug-likeness (QED) is 0.204. The number of hydrogen-bond donors (Lipinski definition) is 4. The summed E-state index contributed by atoms with van der Waals surface area (Å²) in [5, 5.41) is 14.7. The summed E-state index contributed by atoms with van der Waals surface area (Å²) in [4.78, 5) is 25.8. The third kappa shape index (κ3) is 7.16. The van der Waals surface area contributed by atoms with Crippen LogP contribution in [0.25, 0.3) is 0 Å². The molecule has 0 radical (unpaired) electrons. The van der Waals surface area contributed by atoms with Gasteiger partial charge in [0.05, 0.1) is 18.0 Å². The van der Waals surface area contributed by atoms with Gasteiger partial charge in [0.2, 0.25) is 13.1 Å². The van der Waals surface area contributed by atoms with Crippen LogP contribution in [-0.2, 0) is 20.8 Å². The maximum Gasteiger partial charge on any atom is 0.286 e. The predicted octanol–water partition coefficient (Wildman–Crippen LogP) is 4.07. The lowest BCUT2D eigenvalue weighted by atomic mass is 9.92. The molecule has 10 heteroatoms. The Hall–Kier alpha value is -4.54. The number of carbonyl (C=O) groups is 2. The Bertz CT molecular complexity index is 1410. The topological polar surface area (TPSA) is 141 Å². The van der Waals surface area contributed by atoms with Crippen molar-refractivity contribution < 1.29 is 33.6 Å². The zero-order chi connectivity index (χ0) is 28.6. The average Bonchev–Trinajstić information content (AvgIpc) is 3.47. The number of para-hydroxylation sites is 2. The van der Waals surface area contributed by atoms with E-state index >= 15 is 0 Å². The Kier molecular flexibility index (Phi) is 9.02. The Morgan fingerprint density at radius 2 is 1.78 bits per heavy atom. The van der Waals surface area contributed by atoms with Gasteiger partial charge < -0.3 is 40.4 Å². The van der Waals surface area contributed by atoms with Crippen molar-refractivity contribution in [3.63, 3.8) is 0 Å². The van der Waals surface area contributed by atoms with Gasteiger partial charge in [0.1, 0.15) is 0 Å². The number of nitrogens with one attached hydrogen (secondary N) is 2. The Labute approximate surface area is 238 Å². The first kappa shape index (κ1) is 28.0. The fourth-order valence-corrected chi connectivity index (χ4v) is 4.57. The molecule has 0 unspecified atom stereocenters. The van der Waals surface area contributed by atoms with E-state index < -0.39 is 6.29 Å². The molecule has 0 saturated carbocycles. The summed E-state index contributed by atoms with van der Waals surface area (Å²) in [6, 6.07) is 19.7. The molecule has 3 aromatic carbocycles. The van der Waals surface area contributed by atoms with Crippen LogP contribution in [-0.4, -0.2) is 43.2 Å². The minimum absolute atomic E-state index is 0.0928. The zero-order valence-electron chi connectivity index (χ0n) is 22.5. The molecule has 0 saturated heterocycles. The van der Waals surface area contributed by atoms with Crippen molar-refractivity contribution in [2.45, 2.75) is 38.0 Å². The first-order valence-electron chi connectivity index (χ1n) is 13.5. The highest BCUT2D eigenvalue weighted by Gasteiger charge is 2.29. The van der Waals surface area contributed by atoms with E-state index in [1.165, 1.54) is 0 Å². The number of carbonyl (C=O) groups excluding carboxylic acids is 2. The van der Waals surface area contributed by atoms with Crippen molar-refractivity contribution in [1.29, 1.82) is 0 Å². The molecule has 2 aliphatic rings. The number of hydrogen-bond acceptors (Lipinski definition) is 8. The summed E-state index contributed by atoms with van der Waals surface area (Å²) in [7, 11) is 0. The van der Waals surface area contributed by atoms with E-state index in [0.717, 1.165) is 11.1 Å². The summed E-state index contributed by atoms with van der Waals surface area (Å²) >= 11 is 0. The van der Waals surface area contributed by atoms with Crippen molar-refractivity contribution in [1.82, 2.24) is 5.32 Å². The number of nitrogen functional groups attached to an aromatic ring is 1. The van der Waals surface area contributed by atoms with Crippen LogP contribution in [0, 0.1) is 0 Å². The summed E-state index contributed by atoms with van der Waals surface area (Å²) < 4.78 is 22.8. The number of amides is 2. The highest BCUT2D eigenvalue weighted by molar-refractivity contribution is 6.05. The van der Waals surface area contributed by atoms with E-state index in [2.05, 4.69) is 10.6 Å². The van der Waals surface area contributed by atoms with Gasteiger partial charge in [0.25, 0.3) is 11.8 Å². The smallest absolute Gasteiger partial charge is 0.286 e. The van der Waals surface area contributed by atoms with Crippen molar-refractivity contribution in [2.75, 3.05) is 31.1 Å². The van der Waals surface area contributed by atoms with Gasteiger partial charge in [-0.3, -0.25) is 9.59 Å². The molecule has 0 aliphatic carbocycles. The van der Waals surface area contributed by atoms with Crippen LogP contribution in [0.1, 0.15) is 46.7 Å². The fraction of sp³-hybridized carbons (Fsp3) is 0.290. The van der Waals surface area contributed by atoms with Crippen molar-refractivity contribution in [3.05, 3.63) is 95.3 Å². The van der Waals surface area contributed by atoms with E-state index in [9.17, 15) is 9.59 Å². The number of ether oxygens (including phenoxy) is 4. The molecule has 5 N–H and O–H groups in total. The maximum atomic E-state index is 13.2. The summed E-state index contributed by atoms with van der Waals surface area (Å²) in [6.07, 6.45) is 3.01. The lowest BCUT2D eigenvalue weighted by molar-refractivity contribution is -0.146. The Morgan fingerprint density at radius 3 is 2.59 bits per heavy atom. The van der Waals surface area contributed by atoms with Crippen LogP contribution in [0.4, 0.5) is 11.4 Å². The summed E-state index contributed by atoms with van der Waals surface area (Å²) in [5.41, 5.74) is 9.18. The second-order valence-corrected chi connectivity index (χ2v) is 9.76. The molecule has 214 valence electrons. The number of nitrogens with two attached hydrogens (primary N) is 1. The Morgan fingerprint density at radius 1 is 0.976 bits per heavy atom. The Balaban J connectivity index is 1.22. The SMILES string of the molecule is Nc1ccccc1NC(=O)c1ccc(CNC(=O)C2=C[C@H](c3ccc4c(c3)OCO4)C[C@H](OCCCCO)O2)cc1. The minimum Gasteiger partial charge on any atom is -0.459 e. The molecule has 41 heavy (non-hydrogen) atoms. The molecule has 5 rings (SSSR count). The fourth-order valence-electron chi connectivity index (χ4n) is 4.57. The van der Waals surface area contributed by atoms with E-state index in [0.29, 0.717) is 54.3 Å². The molecule has 0 bridgehead atoms. The number of allylic oxidation sites excluding steroid dienone is 1. The maximum absolute atomic E-state index is 13.2. The summed E-state index contributed by atoms with van der Waals surface area (Å²) in [5.74, 6) is 0.728. The van der Waals surface area contributed by atoms with Crippen LogP contribution >= 0.6 is 0 Å². The second-order valence-electron chi connectivity index (χ2n) is 9.76. The summed E-state index contributed by atoms with van der Waals surface area (Å²) in [6.45, 7) is 0.921. The average molecular weight is 560 g/mol. The number of benzene rings is 3. The minimum atomic E-state index is -0.619. The van der Waals surface area contributed by atoms with Gasteiger partial charge in [-0.15, -0.1) is 0 Å². The van der Waals surface area contributed by atoms with E-state index in [4.69, 9.17) is 29.8 Å². The molecule has 2 aliphatic heterocycles. The predicted molar refractivity (Wildman–Crippen MR) is 152 cm³/mol. The monoisotopic (exact) mass is 559 g/mol. The molecule has 2 amide bonds. The van der Waals surface area contributed by atoms with Crippen molar-refractivity contribution >= 4 is 23.2 Å². The number of unbranched alkanes of at least 4 members (excludes halogenated alkanes) is 1. The van der Waals surface area contributed by atoms with Crippen molar-refractivity contribution in [2.24, 2.45) is 0 Å². The molecule has 2 heterocycles. The highest BCUT2D eigenvalue weighted by Crippen LogP contribution is 2.38. The first-order chi connectivity index (χ1) is 20.0. The normalized spacial score (nSPS) is 17.3. The van der Waals surface area contributed by atoms with Gasteiger partial charge in [0, 0.05) is 31.1 Å². The van der Waals surface area contributed by atoms with Gasteiger partial charge >= 0.3 is 0 Å². The molecule has 2 atom stereocenters. The third-order valence-electron chi connectivity index (χ3n) is 6.84. The first-order valence-corrected chi connectivity index (χ1v) is 13.5. The van der Waals surface area contributed by atoms with Crippen LogP contribution in [0.2, 0.25) is 0 Å². The van der Waals surface area contributed by atoms with Crippen LogP contribution in [0.15, 0.2) is 78.6 Å². The third-order valence-corrected chi connectivity index (χ3v) is 6.84. The van der Waals surface area contributed by atoms with Crippen LogP contribution < -0.4 is 25.8 Å². The largest absolute Gasteiger partial charge is 0.459 e. The van der Waals surface area contributed by atoms with E-state index in [1.54, 1.807) is 54.6 Å². The molecule has 0 spiro atoms. The lowest BCUT2D eigenvalue weighted by Crippen LogP contribution is -2.32. The zero-order valence-corrected chi connectivity index (χ0v) is 22.5. The van der Waals surface area contributed by atoms with Crippen molar-refractivity contribution in [3.8, 4) is 11.5 Å². The van der Waals surface area contributed by atoms with Gasteiger partial charge in [-0.25, -0.2) is 0 Å². The van der Waals surface area contributed by atoms with Gasteiger partial charge in [-0.2, -0.15) is 0 Å². The lowest BCUT2D eigenvalue weighted by Gasteiger charge is -2.29. The highest BCUT2D eigenvalue weighted by atomic mass is 16.7. The van der Waals surface area contributed by atoms with Crippen LogP contribution in [0.5, 0.6) is 11.5 Å². The molecular weight excluding hydrogens is 526 g/mol. The second kappa shape index (κ2) is 13.2. The van der Waals surface area contributed by atoms with E-state index in [1.807, 2.05) is 18.2 Å². The van der Waals surface area contributed by atoms with Gasteiger partial charge in [-0.1, -0.05) is 30.3 Å². The van der Waals surface area contributed by atoms with Gasteiger partial charge in [0.15, 0.2) is 17.3 Å². The van der Waals surface area contributed by atoms with E-state index in [-0.39, 0.29) is 43.4 Å². The number of anilines is 2. The molecule has 0 aromatic heterocycles. The molecule has 10 nitrogen and oxygen atoms in total. The molecule has 3 aromatic rings. The molecular formula is C31H33N3O7. The number of rotatable bonds is 11. The number of aliphatic hydroxyl groups excluding tert-OH is 1. The van der Waals surface area contributed by atoms with Gasteiger partial charge in [-0.05, 0) is 66.4 Å². The van der Waals surface area contributed by atoms with Crippen LogP contribution in [0.3, 0.4) is 0 Å².